The van der Waals surface area contributed by atoms with Crippen LogP contribution in [0.1, 0.15) is 24.8 Å². The summed E-state index contributed by atoms with van der Waals surface area (Å²) in [5, 5.41) is 12.6. The fourth-order valence-electron chi connectivity index (χ4n) is 1.97. The van der Waals surface area contributed by atoms with Crippen molar-refractivity contribution < 1.29 is 9.53 Å². The Balaban J connectivity index is 1.70. The number of nitrogens with zero attached hydrogens (tertiary/aromatic N) is 2. The average Bonchev–Trinajstić information content (AvgIpc) is 2.54. The number of rotatable bonds is 5. The Hall–Kier alpha value is -2.61. The second-order valence-electron chi connectivity index (χ2n) is 4.78. The van der Waals surface area contributed by atoms with Crippen LogP contribution in [0.3, 0.4) is 0 Å². The highest BCUT2D eigenvalue weighted by Crippen LogP contribution is 2.15. The molecule has 0 saturated carbocycles. The summed E-state index contributed by atoms with van der Waals surface area (Å²) in [6.45, 7) is -0.103. The van der Waals surface area contributed by atoms with Crippen LogP contribution in [0.4, 0.5) is 0 Å². The first-order valence-corrected chi connectivity index (χ1v) is 6.88. The molecule has 1 aromatic rings. The minimum Gasteiger partial charge on any atom is -0.484 e. The van der Waals surface area contributed by atoms with Crippen molar-refractivity contribution in [3.8, 4) is 11.8 Å². The zero-order chi connectivity index (χ0) is 14.9. The lowest BCUT2D eigenvalue weighted by Gasteiger charge is -2.11. The normalized spacial score (nSPS) is 17.4. The fraction of sp³-hybridized carbons (Fsp3) is 0.312. The molecule has 2 rings (SSSR count). The number of allylic oxidation sites excluding steroid dienone is 2. The van der Waals surface area contributed by atoms with Gasteiger partial charge in [0.25, 0.3) is 5.91 Å². The number of carbonyl (C=O) groups excluding carboxylic acids is 1. The second kappa shape index (κ2) is 7.85. The molecule has 0 radical (unpaired) electrons. The van der Waals surface area contributed by atoms with Gasteiger partial charge in [0.1, 0.15) is 5.75 Å². The van der Waals surface area contributed by atoms with Crippen molar-refractivity contribution in [1.82, 2.24) is 5.43 Å². The van der Waals surface area contributed by atoms with E-state index in [-0.39, 0.29) is 12.5 Å². The van der Waals surface area contributed by atoms with Crippen molar-refractivity contribution in [3.05, 3.63) is 42.0 Å². The quantitative estimate of drug-likeness (QED) is 0.512. The largest absolute Gasteiger partial charge is 0.484 e. The molecule has 0 bridgehead atoms. The topological polar surface area (TPSA) is 74.5 Å². The van der Waals surface area contributed by atoms with E-state index in [9.17, 15) is 4.79 Å². The third kappa shape index (κ3) is 5.11. The van der Waals surface area contributed by atoms with Crippen LogP contribution in [0.15, 0.2) is 41.5 Å². The van der Waals surface area contributed by atoms with Crippen LogP contribution in [0, 0.1) is 17.2 Å². The second-order valence-corrected chi connectivity index (χ2v) is 4.78. The number of carbonyl (C=O) groups is 1. The summed E-state index contributed by atoms with van der Waals surface area (Å²) in [5.41, 5.74) is 3.01. The standard InChI is InChI=1S/C16H17N3O2/c17-10-13-6-8-15(9-7-13)21-12-16(20)19-18-11-14-4-2-1-3-5-14/h1-2,6-9,11,14H,3-5,12H2,(H,19,20)/b18-11-/t14-/m1/s1. The van der Waals surface area contributed by atoms with E-state index in [0.717, 1.165) is 19.3 Å². The van der Waals surface area contributed by atoms with E-state index in [4.69, 9.17) is 10.00 Å². The van der Waals surface area contributed by atoms with Gasteiger partial charge in [0.15, 0.2) is 6.61 Å². The molecule has 0 spiro atoms. The van der Waals surface area contributed by atoms with Crippen LogP contribution in [0.5, 0.6) is 5.75 Å². The summed E-state index contributed by atoms with van der Waals surface area (Å²) in [6.07, 6.45) is 9.18. The number of benzene rings is 1. The van der Waals surface area contributed by atoms with Gasteiger partial charge >= 0.3 is 0 Å². The van der Waals surface area contributed by atoms with Gasteiger partial charge in [-0.05, 0) is 49.4 Å². The first kappa shape index (κ1) is 14.8. The third-order valence-corrected chi connectivity index (χ3v) is 3.14. The Labute approximate surface area is 123 Å². The van der Waals surface area contributed by atoms with Crippen molar-refractivity contribution in [2.75, 3.05) is 6.61 Å². The molecule has 1 N–H and O–H groups in total. The molecule has 1 aliphatic rings. The van der Waals surface area contributed by atoms with Crippen LogP contribution in [0.2, 0.25) is 0 Å². The van der Waals surface area contributed by atoms with Gasteiger partial charge in [-0.15, -0.1) is 0 Å². The van der Waals surface area contributed by atoms with E-state index in [1.165, 1.54) is 0 Å². The van der Waals surface area contributed by atoms with Gasteiger partial charge in [0.05, 0.1) is 11.6 Å². The Morgan fingerprint density at radius 2 is 2.24 bits per heavy atom. The Kier molecular flexibility index (Phi) is 5.53. The lowest BCUT2D eigenvalue weighted by Crippen LogP contribution is -2.25. The van der Waals surface area contributed by atoms with Crippen LogP contribution in [-0.2, 0) is 4.79 Å². The maximum Gasteiger partial charge on any atom is 0.277 e. The number of nitrogens with one attached hydrogen (secondary N) is 1. The minimum atomic E-state index is -0.304. The van der Waals surface area contributed by atoms with Crippen LogP contribution in [0.25, 0.3) is 0 Å². The van der Waals surface area contributed by atoms with Gasteiger partial charge in [0, 0.05) is 6.21 Å². The van der Waals surface area contributed by atoms with Crippen LogP contribution < -0.4 is 10.2 Å². The molecule has 5 heteroatoms. The average molecular weight is 283 g/mol. The molecule has 0 aliphatic heterocycles. The van der Waals surface area contributed by atoms with Gasteiger partial charge in [-0.3, -0.25) is 4.79 Å². The van der Waals surface area contributed by atoms with E-state index < -0.39 is 0 Å². The zero-order valence-electron chi connectivity index (χ0n) is 11.7. The zero-order valence-corrected chi connectivity index (χ0v) is 11.7. The van der Waals surface area contributed by atoms with Crippen molar-refractivity contribution >= 4 is 12.1 Å². The van der Waals surface area contributed by atoms with Gasteiger partial charge < -0.3 is 4.74 Å². The predicted molar refractivity (Wildman–Crippen MR) is 79.8 cm³/mol. The number of hydrogen-bond donors (Lipinski definition) is 1. The first-order valence-electron chi connectivity index (χ1n) is 6.88. The van der Waals surface area contributed by atoms with Crippen LogP contribution in [-0.4, -0.2) is 18.7 Å². The molecule has 108 valence electrons. The summed E-state index contributed by atoms with van der Waals surface area (Å²) in [4.78, 5) is 11.6. The van der Waals surface area contributed by atoms with Crippen LogP contribution >= 0.6 is 0 Å². The van der Waals surface area contributed by atoms with Gasteiger partial charge in [0.2, 0.25) is 0 Å². The lowest BCUT2D eigenvalue weighted by molar-refractivity contribution is -0.123. The van der Waals surface area contributed by atoms with Gasteiger partial charge in [-0.2, -0.15) is 10.4 Å². The Morgan fingerprint density at radius 1 is 1.43 bits per heavy atom. The highest BCUT2D eigenvalue weighted by molar-refractivity contribution is 5.78. The Morgan fingerprint density at radius 3 is 2.90 bits per heavy atom. The number of nitriles is 1. The number of hydrazone groups is 1. The molecule has 21 heavy (non-hydrogen) atoms. The minimum absolute atomic E-state index is 0.103. The molecule has 0 fully saturated rings. The van der Waals surface area contributed by atoms with Crippen molar-refractivity contribution in [2.24, 2.45) is 11.0 Å². The summed E-state index contributed by atoms with van der Waals surface area (Å²) in [6, 6.07) is 8.61. The third-order valence-electron chi connectivity index (χ3n) is 3.14. The molecule has 0 aromatic heterocycles. The van der Waals surface area contributed by atoms with Gasteiger partial charge in [-0.1, -0.05) is 12.2 Å². The molecule has 0 unspecified atom stereocenters. The summed E-state index contributed by atoms with van der Waals surface area (Å²) < 4.78 is 5.30. The maximum atomic E-state index is 11.6. The SMILES string of the molecule is N#Cc1ccc(OCC(=O)N/N=C\[C@@H]2CC=CCC2)cc1. The lowest BCUT2D eigenvalue weighted by atomic mass is 9.96. The number of amides is 1. The molecule has 0 saturated heterocycles. The van der Waals surface area contributed by atoms with Crippen molar-refractivity contribution in [2.45, 2.75) is 19.3 Å². The Bertz CT molecular complexity index is 570. The van der Waals surface area contributed by atoms with E-state index in [1.807, 2.05) is 6.07 Å². The van der Waals surface area contributed by atoms with Gasteiger partial charge in [-0.25, -0.2) is 5.43 Å². The van der Waals surface area contributed by atoms with E-state index in [1.54, 1.807) is 30.5 Å². The molecule has 1 aromatic carbocycles. The summed E-state index contributed by atoms with van der Waals surface area (Å²) >= 11 is 0. The summed E-state index contributed by atoms with van der Waals surface area (Å²) in [7, 11) is 0. The van der Waals surface area contributed by atoms with E-state index >= 15 is 0 Å². The van der Waals surface area contributed by atoms with E-state index in [2.05, 4.69) is 22.7 Å². The molecular weight excluding hydrogens is 266 g/mol. The number of hydrogen-bond acceptors (Lipinski definition) is 4. The van der Waals surface area contributed by atoms with Crippen molar-refractivity contribution in [1.29, 1.82) is 5.26 Å². The molecule has 1 amide bonds. The van der Waals surface area contributed by atoms with E-state index in [0.29, 0.717) is 17.2 Å². The monoisotopic (exact) mass is 283 g/mol. The molecule has 5 nitrogen and oxygen atoms in total. The van der Waals surface area contributed by atoms with Crippen molar-refractivity contribution in [3.63, 3.8) is 0 Å². The number of ether oxygens (including phenoxy) is 1. The molecular formula is C16H17N3O2. The summed E-state index contributed by atoms with van der Waals surface area (Å²) in [5.74, 6) is 0.641. The molecule has 1 aliphatic carbocycles. The molecule has 1 atom stereocenters. The first-order chi connectivity index (χ1) is 10.3. The fourth-order valence-corrected chi connectivity index (χ4v) is 1.97. The highest BCUT2D eigenvalue weighted by Gasteiger charge is 2.07. The maximum absolute atomic E-state index is 11.6. The molecule has 0 heterocycles. The highest BCUT2D eigenvalue weighted by atomic mass is 16.5. The smallest absolute Gasteiger partial charge is 0.277 e. The predicted octanol–water partition coefficient (Wildman–Crippen LogP) is 2.40.